The fraction of sp³-hybridized carbons (Fsp3) is 0.310. The molecule has 0 saturated carbocycles. The van der Waals surface area contributed by atoms with Gasteiger partial charge in [-0.25, -0.2) is 0 Å². The van der Waals surface area contributed by atoms with Crippen molar-refractivity contribution in [3.05, 3.63) is 101 Å². The molecule has 0 unspecified atom stereocenters. The lowest BCUT2D eigenvalue weighted by atomic mass is 10.0. The molecular weight excluding hydrogens is 460 g/mol. The van der Waals surface area contributed by atoms with Gasteiger partial charge in [0.1, 0.15) is 11.8 Å². The normalized spacial score (nSPS) is 12.5. The minimum Gasteiger partial charge on any atom is -0.482 e. The molecule has 5 nitrogen and oxygen atoms in total. The largest absolute Gasteiger partial charge is 0.482 e. The molecule has 0 heterocycles. The fourth-order valence-electron chi connectivity index (χ4n) is 3.67. The molecule has 0 fully saturated rings. The van der Waals surface area contributed by atoms with Crippen LogP contribution in [0.1, 0.15) is 37.0 Å². The predicted octanol–water partition coefficient (Wildman–Crippen LogP) is 5.58. The summed E-state index contributed by atoms with van der Waals surface area (Å²) in [7, 11) is 0. The highest BCUT2D eigenvalue weighted by atomic mass is 35.5. The van der Waals surface area contributed by atoms with Crippen LogP contribution in [-0.2, 0) is 22.6 Å². The number of para-hydroxylation sites is 1. The molecule has 0 aliphatic rings. The number of nitrogens with one attached hydrogen (secondary N) is 1. The van der Waals surface area contributed by atoms with Crippen LogP contribution in [0.2, 0.25) is 5.02 Å². The van der Waals surface area contributed by atoms with Gasteiger partial charge >= 0.3 is 0 Å². The van der Waals surface area contributed by atoms with E-state index in [1.807, 2.05) is 75.4 Å². The van der Waals surface area contributed by atoms with Gasteiger partial charge in [-0.15, -0.1) is 0 Å². The zero-order valence-electron chi connectivity index (χ0n) is 20.5. The first kappa shape index (κ1) is 26.3. The molecule has 3 rings (SSSR count). The minimum absolute atomic E-state index is 0.00326. The van der Waals surface area contributed by atoms with Crippen molar-refractivity contribution < 1.29 is 14.3 Å². The molecule has 0 aromatic heterocycles. The number of benzene rings is 3. The van der Waals surface area contributed by atoms with Crippen LogP contribution in [0, 0.1) is 6.92 Å². The molecule has 3 aromatic rings. The molecule has 184 valence electrons. The van der Waals surface area contributed by atoms with E-state index in [9.17, 15) is 9.59 Å². The summed E-state index contributed by atoms with van der Waals surface area (Å²) in [5.41, 5.74) is 3.05. The number of carbonyl (C=O) groups is 2. The van der Waals surface area contributed by atoms with Crippen molar-refractivity contribution in [1.82, 2.24) is 10.2 Å². The smallest absolute Gasteiger partial charge is 0.261 e. The molecule has 0 aliphatic heterocycles. The van der Waals surface area contributed by atoms with Crippen LogP contribution in [0.15, 0.2) is 78.9 Å². The number of hydrogen-bond acceptors (Lipinski definition) is 3. The van der Waals surface area contributed by atoms with Crippen molar-refractivity contribution in [2.24, 2.45) is 0 Å². The molecule has 0 bridgehead atoms. The van der Waals surface area contributed by atoms with E-state index in [0.717, 1.165) is 23.1 Å². The maximum Gasteiger partial charge on any atom is 0.261 e. The molecule has 0 aliphatic carbocycles. The second-order valence-electron chi connectivity index (χ2n) is 8.75. The first-order valence-electron chi connectivity index (χ1n) is 11.9. The minimum atomic E-state index is -0.699. The van der Waals surface area contributed by atoms with Crippen molar-refractivity contribution in [2.75, 3.05) is 6.61 Å². The van der Waals surface area contributed by atoms with Gasteiger partial charge in [-0.2, -0.15) is 0 Å². The van der Waals surface area contributed by atoms with Crippen molar-refractivity contribution >= 4 is 23.4 Å². The maximum absolute atomic E-state index is 13.6. The van der Waals surface area contributed by atoms with Crippen LogP contribution in [-0.4, -0.2) is 35.4 Å². The first-order valence-corrected chi connectivity index (χ1v) is 12.3. The molecule has 6 heteroatoms. The summed E-state index contributed by atoms with van der Waals surface area (Å²) in [5, 5.41) is 3.50. The van der Waals surface area contributed by atoms with Gasteiger partial charge in [0.2, 0.25) is 5.91 Å². The van der Waals surface area contributed by atoms with E-state index in [4.69, 9.17) is 16.3 Å². The Hall–Kier alpha value is -3.31. The molecule has 0 spiro atoms. The Bertz CT molecular complexity index is 1100. The summed E-state index contributed by atoms with van der Waals surface area (Å²) < 4.78 is 5.76. The average molecular weight is 493 g/mol. The van der Waals surface area contributed by atoms with E-state index >= 15 is 0 Å². The third-order valence-electron chi connectivity index (χ3n) is 5.93. The van der Waals surface area contributed by atoms with Gasteiger partial charge in [0.15, 0.2) is 6.61 Å². The quantitative estimate of drug-likeness (QED) is 0.380. The zero-order valence-corrected chi connectivity index (χ0v) is 21.3. The lowest BCUT2D eigenvalue weighted by Gasteiger charge is -2.32. The highest BCUT2D eigenvalue weighted by Crippen LogP contribution is 2.23. The monoisotopic (exact) mass is 492 g/mol. The standard InChI is InChI=1S/C29H33ClN2O3/c1-4-22(3)31-29(34)26(18-23-10-6-5-7-11-23)32(19-24-16-14-21(2)15-17-24)28(33)20-35-27-13-9-8-12-25(27)30/h5-17,22,26H,4,18-20H2,1-3H3,(H,31,34)/t22-,26-/m1/s1. The number of amides is 2. The third kappa shape index (κ3) is 7.86. The highest BCUT2D eigenvalue weighted by molar-refractivity contribution is 6.32. The van der Waals surface area contributed by atoms with Gasteiger partial charge in [0.05, 0.1) is 5.02 Å². The second kappa shape index (κ2) is 13.0. The van der Waals surface area contributed by atoms with Crippen molar-refractivity contribution in [3.63, 3.8) is 0 Å². The van der Waals surface area contributed by atoms with Gasteiger partial charge < -0.3 is 15.0 Å². The summed E-state index contributed by atoms with van der Waals surface area (Å²) in [6.45, 7) is 6.06. The van der Waals surface area contributed by atoms with E-state index < -0.39 is 6.04 Å². The van der Waals surface area contributed by atoms with Crippen LogP contribution >= 0.6 is 11.6 Å². The lowest BCUT2D eigenvalue weighted by molar-refractivity contribution is -0.143. The summed E-state index contributed by atoms with van der Waals surface area (Å²) in [6.07, 6.45) is 1.19. The summed E-state index contributed by atoms with van der Waals surface area (Å²) in [4.78, 5) is 28.7. The number of ether oxygens (including phenoxy) is 1. The lowest BCUT2D eigenvalue weighted by Crippen LogP contribution is -2.53. The van der Waals surface area contributed by atoms with Gasteiger partial charge in [0.25, 0.3) is 5.91 Å². The number of hydrogen-bond donors (Lipinski definition) is 1. The Balaban J connectivity index is 1.91. The number of carbonyl (C=O) groups excluding carboxylic acids is 2. The molecule has 0 radical (unpaired) electrons. The summed E-state index contributed by atoms with van der Waals surface area (Å²) in [6, 6.07) is 24.1. The summed E-state index contributed by atoms with van der Waals surface area (Å²) in [5.74, 6) is -0.0337. The van der Waals surface area contributed by atoms with Gasteiger partial charge in [-0.1, -0.05) is 90.8 Å². The molecule has 0 saturated heterocycles. The van der Waals surface area contributed by atoms with Crippen molar-refractivity contribution in [2.45, 2.75) is 52.2 Å². The Morgan fingerprint density at radius 3 is 2.26 bits per heavy atom. The Morgan fingerprint density at radius 1 is 0.943 bits per heavy atom. The molecular formula is C29H33ClN2O3. The molecule has 1 N–H and O–H groups in total. The first-order chi connectivity index (χ1) is 16.9. The Kier molecular flexibility index (Phi) is 9.74. The Morgan fingerprint density at radius 2 is 1.60 bits per heavy atom. The number of halogens is 1. The van der Waals surface area contributed by atoms with E-state index in [0.29, 0.717) is 17.2 Å². The number of rotatable bonds is 11. The van der Waals surface area contributed by atoms with Crippen LogP contribution in [0.4, 0.5) is 0 Å². The second-order valence-corrected chi connectivity index (χ2v) is 9.16. The maximum atomic E-state index is 13.6. The van der Waals surface area contributed by atoms with Crippen molar-refractivity contribution in [3.8, 4) is 5.75 Å². The fourth-order valence-corrected chi connectivity index (χ4v) is 3.86. The van der Waals surface area contributed by atoms with Crippen LogP contribution < -0.4 is 10.1 Å². The molecule has 35 heavy (non-hydrogen) atoms. The van der Waals surface area contributed by atoms with E-state index in [-0.39, 0.29) is 31.0 Å². The van der Waals surface area contributed by atoms with Crippen LogP contribution in [0.3, 0.4) is 0 Å². The molecule has 2 amide bonds. The molecule has 2 atom stereocenters. The van der Waals surface area contributed by atoms with E-state index in [2.05, 4.69) is 5.32 Å². The van der Waals surface area contributed by atoms with E-state index in [1.165, 1.54) is 0 Å². The van der Waals surface area contributed by atoms with Crippen LogP contribution in [0.25, 0.3) is 0 Å². The number of aryl methyl sites for hydroxylation is 1. The molecule has 3 aromatic carbocycles. The Labute approximate surface area is 213 Å². The van der Waals surface area contributed by atoms with Crippen molar-refractivity contribution in [1.29, 1.82) is 0 Å². The van der Waals surface area contributed by atoms with Gasteiger partial charge in [0, 0.05) is 19.0 Å². The zero-order chi connectivity index (χ0) is 25.2. The summed E-state index contributed by atoms with van der Waals surface area (Å²) >= 11 is 6.21. The predicted molar refractivity (Wildman–Crippen MR) is 141 cm³/mol. The highest BCUT2D eigenvalue weighted by Gasteiger charge is 2.31. The van der Waals surface area contributed by atoms with E-state index in [1.54, 1.807) is 29.2 Å². The topological polar surface area (TPSA) is 58.6 Å². The number of nitrogens with zero attached hydrogens (tertiary/aromatic N) is 1. The van der Waals surface area contributed by atoms with Gasteiger partial charge in [-0.05, 0) is 43.5 Å². The van der Waals surface area contributed by atoms with Crippen LogP contribution in [0.5, 0.6) is 5.75 Å². The average Bonchev–Trinajstić information content (AvgIpc) is 2.87. The SMILES string of the molecule is CC[C@@H](C)NC(=O)[C@@H](Cc1ccccc1)N(Cc1ccc(C)cc1)C(=O)COc1ccccc1Cl. The van der Waals surface area contributed by atoms with Gasteiger partial charge in [-0.3, -0.25) is 9.59 Å². The third-order valence-corrected chi connectivity index (χ3v) is 6.25.